The van der Waals surface area contributed by atoms with Crippen LogP contribution < -0.4 is 0 Å². The van der Waals surface area contributed by atoms with Crippen molar-refractivity contribution in [1.29, 1.82) is 0 Å². The van der Waals surface area contributed by atoms with Gasteiger partial charge in [-0.2, -0.15) is 4.98 Å². The summed E-state index contributed by atoms with van der Waals surface area (Å²) in [6.45, 7) is 0. The summed E-state index contributed by atoms with van der Waals surface area (Å²) in [4.78, 5) is 15.7. The summed E-state index contributed by atoms with van der Waals surface area (Å²) in [5.41, 5.74) is 0. The Kier molecular flexibility index (Phi) is 5.08. The van der Waals surface area contributed by atoms with Crippen LogP contribution in [-0.4, -0.2) is 22.3 Å². The van der Waals surface area contributed by atoms with Crippen LogP contribution in [0.1, 0.15) is 11.7 Å². The van der Waals surface area contributed by atoms with Crippen molar-refractivity contribution >= 4 is 29.1 Å². The van der Waals surface area contributed by atoms with E-state index in [2.05, 4.69) is 10.1 Å². The van der Waals surface area contributed by atoms with E-state index in [1.54, 1.807) is 12.1 Å². The number of benzene rings is 1. The van der Waals surface area contributed by atoms with Gasteiger partial charge in [0.2, 0.25) is 11.7 Å². The first-order valence-electron chi connectivity index (χ1n) is 5.55. The second kappa shape index (κ2) is 6.81. The Balaban J connectivity index is 1.89. The highest BCUT2D eigenvalue weighted by Crippen LogP contribution is 2.23. The molecule has 0 saturated heterocycles. The van der Waals surface area contributed by atoms with Crippen LogP contribution in [0.5, 0.6) is 0 Å². The lowest BCUT2D eigenvalue weighted by Crippen LogP contribution is -2.12. The lowest BCUT2D eigenvalue weighted by atomic mass is 10.3. The molecule has 0 atom stereocenters. The van der Waals surface area contributed by atoms with Crippen LogP contribution in [0.15, 0.2) is 33.7 Å². The van der Waals surface area contributed by atoms with E-state index in [0.717, 1.165) is 4.90 Å². The van der Waals surface area contributed by atoms with Crippen molar-refractivity contribution < 1.29 is 18.1 Å². The van der Waals surface area contributed by atoms with E-state index < -0.39 is 18.6 Å². The molecule has 0 aliphatic carbocycles. The van der Waals surface area contributed by atoms with Gasteiger partial charge in [-0.1, -0.05) is 16.8 Å². The number of Topliss-reactive ketones (excluding diaryl/α,β-unsaturated/α-hetero) is 1. The number of hydrogen-bond acceptors (Lipinski definition) is 5. The van der Waals surface area contributed by atoms with Crippen molar-refractivity contribution in [2.24, 2.45) is 0 Å². The predicted molar refractivity (Wildman–Crippen MR) is 70.0 cm³/mol. The second-order valence-electron chi connectivity index (χ2n) is 3.79. The summed E-state index contributed by atoms with van der Waals surface area (Å²) >= 11 is 7.21. The number of carbonyl (C=O) groups excluding carboxylic acids is 1. The fourth-order valence-corrected chi connectivity index (χ4v) is 2.19. The van der Waals surface area contributed by atoms with Crippen molar-refractivity contribution in [3.63, 3.8) is 0 Å². The van der Waals surface area contributed by atoms with E-state index in [0.29, 0.717) is 16.6 Å². The first-order chi connectivity index (χ1) is 9.54. The van der Waals surface area contributed by atoms with Gasteiger partial charge in [-0.25, -0.2) is 8.78 Å². The molecule has 0 aliphatic heterocycles. The van der Waals surface area contributed by atoms with Crippen LogP contribution in [-0.2, 0) is 17.0 Å². The van der Waals surface area contributed by atoms with Gasteiger partial charge in [0.1, 0.15) is 0 Å². The molecule has 0 N–H and O–H groups in total. The molecule has 8 heteroatoms. The Morgan fingerprint density at radius 1 is 1.35 bits per heavy atom. The van der Waals surface area contributed by atoms with Gasteiger partial charge in [0.05, 0.1) is 12.2 Å². The number of thioether (sulfide) groups is 1. The summed E-state index contributed by atoms with van der Waals surface area (Å²) in [6, 6.07) is 7.20. The summed E-state index contributed by atoms with van der Waals surface area (Å²) in [7, 11) is 0. The maximum Gasteiger partial charge on any atom is 0.296 e. The van der Waals surface area contributed by atoms with Gasteiger partial charge in [-0.05, 0) is 24.3 Å². The molecule has 106 valence electrons. The van der Waals surface area contributed by atoms with Crippen LogP contribution in [0.2, 0.25) is 5.02 Å². The van der Waals surface area contributed by atoms with Crippen molar-refractivity contribution in [3.8, 4) is 0 Å². The third-order valence-electron chi connectivity index (χ3n) is 2.26. The largest absolute Gasteiger partial charge is 0.339 e. The summed E-state index contributed by atoms with van der Waals surface area (Å²) in [6.07, 6.45) is -3.56. The standard InChI is InChI=1S/C12H9ClF2N2O2S/c13-7-1-3-8(4-2-7)20-6-10-16-11(19-17-10)5-9(18)12(14)15/h1-4,12H,5-6H2. The molecule has 4 nitrogen and oxygen atoms in total. The van der Waals surface area contributed by atoms with Crippen LogP contribution in [0.4, 0.5) is 8.78 Å². The molecular weight excluding hydrogens is 310 g/mol. The van der Waals surface area contributed by atoms with Gasteiger partial charge < -0.3 is 4.52 Å². The summed E-state index contributed by atoms with van der Waals surface area (Å²) in [5, 5.41) is 4.27. The highest BCUT2D eigenvalue weighted by molar-refractivity contribution is 7.98. The SMILES string of the molecule is O=C(Cc1nc(CSc2ccc(Cl)cc2)no1)C(F)F. The monoisotopic (exact) mass is 318 g/mol. The van der Waals surface area contributed by atoms with E-state index in [-0.39, 0.29) is 5.89 Å². The molecule has 1 aromatic carbocycles. The Hall–Kier alpha value is -1.47. The maximum atomic E-state index is 12.1. The van der Waals surface area contributed by atoms with Crippen molar-refractivity contribution in [2.45, 2.75) is 23.5 Å². The smallest absolute Gasteiger partial charge is 0.296 e. The van der Waals surface area contributed by atoms with E-state index in [9.17, 15) is 13.6 Å². The van der Waals surface area contributed by atoms with Crippen molar-refractivity contribution in [3.05, 3.63) is 41.0 Å². The first-order valence-corrected chi connectivity index (χ1v) is 6.91. The minimum absolute atomic E-state index is 0.0954. The van der Waals surface area contributed by atoms with Crippen LogP contribution >= 0.6 is 23.4 Å². The Labute approximate surface area is 122 Å². The van der Waals surface area contributed by atoms with Gasteiger partial charge in [0.25, 0.3) is 6.43 Å². The molecule has 2 aromatic rings. The normalized spacial score (nSPS) is 11.0. The quantitative estimate of drug-likeness (QED) is 0.764. The number of alkyl halides is 2. The van der Waals surface area contributed by atoms with Gasteiger partial charge in [0, 0.05) is 9.92 Å². The van der Waals surface area contributed by atoms with E-state index in [4.69, 9.17) is 16.1 Å². The molecule has 0 unspecified atom stereocenters. The lowest BCUT2D eigenvalue weighted by Gasteiger charge is -1.97. The van der Waals surface area contributed by atoms with Gasteiger partial charge in [-0.3, -0.25) is 4.79 Å². The minimum Gasteiger partial charge on any atom is -0.339 e. The second-order valence-corrected chi connectivity index (χ2v) is 5.28. The molecular formula is C12H9ClF2N2O2S. The van der Waals surface area contributed by atoms with Crippen molar-refractivity contribution in [1.82, 2.24) is 10.1 Å². The summed E-state index contributed by atoms with van der Waals surface area (Å²) in [5.74, 6) is -0.567. The predicted octanol–water partition coefficient (Wildman–Crippen LogP) is 3.39. The number of ketones is 1. The maximum absolute atomic E-state index is 12.1. The highest BCUT2D eigenvalue weighted by atomic mass is 35.5. The van der Waals surface area contributed by atoms with Gasteiger partial charge in [-0.15, -0.1) is 11.8 Å². The molecule has 0 aliphatic rings. The number of hydrogen-bond donors (Lipinski definition) is 0. The topological polar surface area (TPSA) is 56.0 Å². The number of halogens is 3. The van der Waals surface area contributed by atoms with E-state index in [1.165, 1.54) is 11.8 Å². The highest BCUT2D eigenvalue weighted by Gasteiger charge is 2.19. The number of aromatic nitrogens is 2. The number of nitrogens with zero attached hydrogens (tertiary/aromatic N) is 2. The molecule has 0 radical (unpaired) electrons. The van der Waals surface area contributed by atoms with Crippen LogP contribution in [0.3, 0.4) is 0 Å². The number of rotatable bonds is 6. The molecule has 0 spiro atoms. The first kappa shape index (κ1) is 14.9. The van der Waals surface area contributed by atoms with E-state index in [1.807, 2.05) is 12.1 Å². The molecule has 20 heavy (non-hydrogen) atoms. The Morgan fingerprint density at radius 2 is 2.05 bits per heavy atom. The third kappa shape index (κ3) is 4.28. The molecule has 0 bridgehead atoms. The molecule has 0 fully saturated rings. The lowest BCUT2D eigenvalue weighted by molar-refractivity contribution is -0.129. The van der Waals surface area contributed by atoms with Gasteiger partial charge in [0.15, 0.2) is 5.82 Å². The van der Waals surface area contributed by atoms with Crippen molar-refractivity contribution in [2.75, 3.05) is 0 Å². The summed E-state index contributed by atoms with van der Waals surface area (Å²) < 4.78 is 28.9. The molecule has 2 rings (SSSR count). The fourth-order valence-electron chi connectivity index (χ4n) is 1.33. The van der Waals surface area contributed by atoms with Gasteiger partial charge >= 0.3 is 0 Å². The fraction of sp³-hybridized carbons (Fsp3) is 0.250. The average molecular weight is 319 g/mol. The zero-order valence-corrected chi connectivity index (χ0v) is 11.6. The minimum atomic E-state index is -3.02. The number of carbonyl (C=O) groups is 1. The zero-order chi connectivity index (χ0) is 14.5. The van der Waals surface area contributed by atoms with Crippen LogP contribution in [0, 0.1) is 0 Å². The molecule has 1 heterocycles. The zero-order valence-electron chi connectivity index (χ0n) is 10.1. The average Bonchev–Trinajstić information content (AvgIpc) is 2.85. The Bertz CT molecular complexity index is 589. The Morgan fingerprint density at radius 3 is 2.70 bits per heavy atom. The third-order valence-corrected chi connectivity index (χ3v) is 3.52. The molecule has 0 saturated carbocycles. The van der Waals surface area contributed by atoms with Crippen LogP contribution in [0.25, 0.3) is 0 Å². The van der Waals surface area contributed by atoms with E-state index >= 15 is 0 Å². The molecule has 1 aromatic heterocycles. The molecule has 0 amide bonds.